The third kappa shape index (κ3) is 16.3. The number of ether oxygens (including phenoxy) is 1. The van der Waals surface area contributed by atoms with E-state index in [9.17, 15) is 4.79 Å². The number of hydrogen-bond donors (Lipinski definition) is 0. The minimum Gasteiger partial charge on any atom is -0.465 e. The molecule has 0 aliphatic rings. The van der Waals surface area contributed by atoms with Gasteiger partial charge in [0.25, 0.3) is 0 Å². The van der Waals surface area contributed by atoms with Crippen LogP contribution in [0.25, 0.3) is 0 Å². The number of carbonyl (C=O) groups excluding carboxylic acids is 1. The molecule has 0 fully saturated rings. The van der Waals surface area contributed by atoms with Crippen molar-refractivity contribution in [2.45, 2.75) is 104 Å². The van der Waals surface area contributed by atoms with Gasteiger partial charge >= 0.3 is 5.97 Å². The maximum Gasteiger partial charge on any atom is 0.320 e. The predicted molar refractivity (Wildman–Crippen MR) is 104 cm³/mol. The molecule has 0 aromatic rings. The molecule has 0 spiro atoms. The van der Waals surface area contributed by atoms with Crippen LogP contribution in [-0.2, 0) is 9.53 Å². The van der Waals surface area contributed by atoms with Gasteiger partial charge in [0.15, 0.2) is 0 Å². The summed E-state index contributed by atoms with van der Waals surface area (Å²) in [7, 11) is 0. The molecule has 0 aromatic heterocycles. The molecular weight excluding hydrogens is 298 g/mol. The highest BCUT2D eigenvalue weighted by atomic mass is 16.5. The number of nitrogens with zero attached hydrogens (tertiary/aromatic N) is 1. The third-order valence-corrected chi connectivity index (χ3v) is 4.52. The molecule has 0 unspecified atom stereocenters. The minimum atomic E-state index is -0.0341. The van der Waals surface area contributed by atoms with Gasteiger partial charge in [0, 0.05) is 0 Å². The second-order valence-electron chi connectivity index (χ2n) is 7.03. The van der Waals surface area contributed by atoms with Gasteiger partial charge in [0.2, 0.25) is 0 Å². The number of hydrogen-bond acceptors (Lipinski definition) is 3. The lowest BCUT2D eigenvalue weighted by atomic mass is 10.1. The van der Waals surface area contributed by atoms with Crippen LogP contribution < -0.4 is 0 Å². The van der Waals surface area contributed by atoms with Crippen molar-refractivity contribution in [3.8, 4) is 0 Å². The van der Waals surface area contributed by atoms with Crippen molar-refractivity contribution in [3.05, 3.63) is 0 Å². The topological polar surface area (TPSA) is 29.5 Å². The first kappa shape index (κ1) is 23.4. The van der Waals surface area contributed by atoms with Crippen LogP contribution in [0.5, 0.6) is 0 Å². The Bertz CT molecular complexity index is 255. The van der Waals surface area contributed by atoms with Gasteiger partial charge in [-0.05, 0) is 32.4 Å². The Morgan fingerprint density at radius 2 is 1.12 bits per heavy atom. The number of rotatable bonds is 18. The van der Waals surface area contributed by atoms with E-state index in [1.54, 1.807) is 0 Å². The van der Waals surface area contributed by atoms with E-state index in [4.69, 9.17) is 4.74 Å². The molecule has 0 radical (unpaired) electrons. The Hall–Kier alpha value is -0.570. The normalized spacial score (nSPS) is 11.2. The van der Waals surface area contributed by atoms with E-state index in [2.05, 4.69) is 25.7 Å². The van der Waals surface area contributed by atoms with Crippen molar-refractivity contribution in [1.82, 2.24) is 4.90 Å². The van der Waals surface area contributed by atoms with E-state index in [0.717, 1.165) is 25.9 Å². The fraction of sp³-hybridized carbons (Fsp3) is 0.952. The Morgan fingerprint density at radius 1 is 0.667 bits per heavy atom. The van der Waals surface area contributed by atoms with Crippen molar-refractivity contribution in [2.24, 2.45) is 0 Å². The van der Waals surface area contributed by atoms with Crippen LogP contribution in [0.1, 0.15) is 104 Å². The SMILES string of the molecule is CCCCCCCN(CCCCCCC)CC(=O)OCCCCC. The summed E-state index contributed by atoms with van der Waals surface area (Å²) in [5, 5.41) is 0. The van der Waals surface area contributed by atoms with Crippen molar-refractivity contribution >= 4 is 5.97 Å². The van der Waals surface area contributed by atoms with Crippen molar-refractivity contribution in [1.29, 1.82) is 0 Å². The van der Waals surface area contributed by atoms with Gasteiger partial charge in [-0.1, -0.05) is 85.0 Å². The molecule has 3 heteroatoms. The van der Waals surface area contributed by atoms with Crippen LogP contribution in [0, 0.1) is 0 Å². The first-order valence-electron chi connectivity index (χ1n) is 10.6. The molecule has 0 atom stereocenters. The van der Waals surface area contributed by atoms with E-state index < -0.39 is 0 Å². The summed E-state index contributed by atoms with van der Waals surface area (Å²) >= 11 is 0. The highest BCUT2D eigenvalue weighted by Crippen LogP contribution is 2.08. The van der Waals surface area contributed by atoms with E-state index in [0.29, 0.717) is 13.2 Å². The van der Waals surface area contributed by atoms with E-state index in [1.807, 2.05) is 0 Å². The van der Waals surface area contributed by atoms with Crippen LogP contribution >= 0.6 is 0 Å². The molecule has 0 bridgehead atoms. The first-order valence-corrected chi connectivity index (χ1v) is 10.6. The Morgan fingerprint density at radius 3 is 1.62 bits per heavy atom. The average molecular weight is 342 g/mol. The lowest BCUT2D eigenvalue weighted by molar-refractivity contribution is -0.145. The molecule has 144 valence electrons. The van der Waals surface area contributed by atoms with Crippen LogP contribution in [0.2, 0.25) is 0 Å². The van der Waals surface area contributed by atoms with Crippen molar-refractivity contribution < 1.29 is 9.53 Å². The van der Waals surface area contributed by atoms with Crippen LogP contribution in [0.3, 0.4) is 0 Å². The van der Waals surface area contributed by atoms with Gasteiger partial charge in [-0.25, -0.2) is 0 Å². The summed E-state index contributed by atoms with van der Waals surface area (Å²) in [4.78, 5) is 14.3. The summed E-state index contributed by atoms with van der Waals surface area (Å²) in [5.74, 6) is -0.0341. The molecule has 0 heterocycles. The van der Waals surface area contributed by atoms with E-state index in [-0.39, 0.29) is 5.97 Å². The summed E-state index contributed by atoms with van der Waals surface area (Å²) < 4.78 is 5.38. The molecule has 0 saturated heterocycles. The zero-order valence-electron chi connectivity index (χ0n) is 16.8. The third-order valence-electron chi connectivity index (χ3n) is 4.52. The number of esters is 1. The van der Waals surface area contributed by atoms with Crippen LogP contribution in [0.15, 0.2) is 0 Å². The fourth-order valence-corrected chi connectivity index (χ4v) is 2.91. The Labute approximate surface area is 151 Å². The second kappa shape index (κ2) is 18.8. The summed E-state index contributed by atoms with van der Waals surface area (Å²) in [5.41, 5.74) is 0. The second-order valence-corrected chi connectivity index (χ2v) is 7.03. The maximum atomic E-state index is 12.0. The predicted octanol–water partition coefficient (Wildman–Crippen LogP) is 5.96. The molecular formula is C21H43NO2. The molecule has 0 rings (SSSR count). The van der Waals surface area contributed by atoms with Gasteiger partial charge in [-0.3, -0.25) is 9.69 Å². The Kier molecular flexibility index (Phi) is 18.3. The lowest BCUT2D eigenvalue weighted by Gasteiger charge is -2.21. The highest BCUT2D eigenvalue weighted by Gasteiger charge is 2.11. The molecule has 0 saturated carbocycles. The fourth-order valence-electron chi connectivity index (χ4n) is 2.91. The highest BCUT2D eigenvalue weighted by molar-refractivity contribution is 5.71. The molecule has 0 aromatic carbocycles. The number of unbranched alkanes of at least 4 members (excludes halogenated alkanes) is 10. The van der Waals surface area contributed by atoms with Crippen molar-refractivity contribution in [2.75, 3.05) is 26.2 Å². The summed E-state index contributed by atoms with van der Waals surface area (Å²) in [6.45, 7) is 9.82. The summed E-state index contributed by atoms with van der Waals surface area (Å²) in [6, 6.07) is 0. The largest absolute Gasteiger partial charge is 0.465 e. The molecule has 0 N–H and O–H groups in total. The minimum absolute atomic E-state index is 0.0341. The molecule has 0 amide bonds. The lowest BCUT2D eigenvalue weighted by Crippen LogP contribution is -2.33. The maximum absolute atomic E-state index is 12.0. The average Bonchev–Trinajstić information content (AvgIpc) is 2.58. The molecule has 0 aliphatic carbocycles. The zero-order chi connectivity index (χ0) is 17.9. The zero-order valence-corrected chi connectivity index (χ0v) is 16.8. The molecule has 0 aliphatic heterocycles. The molecule has 24 heavy (non-hydrogen) atoms. The van der Waals surface area contributed by atoms with Gasteiger partial charge < -0.3 is 4.74 Å². The van der Waals surface area contributed by atoms with Gasteiger partial charge in [0.05, 0.1) is 13.2 Å². The smallest absolute Gasteiger partial charge is 0.320 e. The van der Waals surface area contributed by atoms with E-state index >= 15 is 0 Å². The Balaban J connectivity index is 3.97. The number of carbonyl (C=O) groups is 1. The van der Waals surface area contributed by atoms with E-state index in [1.165, 1.54) is 70.6 Å². The monoisotopic (exact) mass is 341 g/mol. The standard InChI is InChI=1S/C21H43NO2/c1-4-7-10-12-14-17-22(18-15-13-11-8-5-2)20-21(23)24-19-16-9-6-3/h4-20H2,1-3H3. The quantitative estimate of drug-likeness (QED) is 0.227. The molecule has 3 nitrogen and oxygen atoms in total. The van der Waals surface area contributed by atoms with Crippen LogP contribution in [-0.4, -0.2) is 37.1 Å². The summed E-state index contributed by atoms with van der Waals surface area (Å²) in [6.07, 6.45) is 16.2. The van der Waals surface area contributed by atoms with Gasteiger partial charge in [-0.15, -0.1) is 0 Å². The van der Waals surface area contributed by atoms with Crippen molar-refractivity contribution in [3.63, 3.8) is 0 Å². The first-order chi connectivity index (χ1) is 11.7. The van der Waals surface area contributed by atoms with Crippen LogP contribution in [0.4, 0.5) is 0 Å². The van der Waals surface area contributed by atoms with Gasteiger partial charge in [0.1, 0.15) is 0 Å². The van der Waals surface area contributed by atoms with Gasteiger partial charge in [-0.2, -0.15) is 0 Å².